The summed E-state index contributed by atoms with van der Waals surface area (Å²) >= 11 is 0. The molecule has 0 unspecified atom stereocenters. The summed E-state index contributed by atoms with van der Waals surface area (Å²) in [5.74, 6) is -0.165. The Labute approximate surface area is 116 Å². The van der Waals surface area contributed by atoms with Crippen LogP contribution in [0.2, 0.25) is 0 Å². The van der Waals surface area contributed by atoms with E-state index in [0.29, 0.717) is 50.5 Å². The van der Waals surface area contributed by atoms with Crippen LogP contribution in [0.15, 0.2) is 12.1 Å². The summed E-state index contributed by atoms with van der Waals surface area (Å²) in [6, 6.07) is 3.15. The van der Waals surface area contributed by atoms with Crippen LogP contribution in [0.3, 0.4) is 0 Å². The van der Waals surface area contributed by atoms with E-state index in [-0.39, 0.29) is 12.0 Å². The first-order valence-electron chi connectivity index (χ1n) is 6.51. The van der Waals surface area contributed by atoms with Crippen molar-refractivity contribution in [3.8, 4) is 0 Å². The number of aldehydes is 1. The molecule has 0 saturated carbocycles. The highest BCUT2D eigenvalue weighted by Crippen LogP contribution is 2.09. The first-order valence-corrected chi connectivity index (χ1v) is 6.51. The van der Waals surface area contributed by atoms with E-state index >= 15 is 0 Å². The Morgan fingerprint density at radius 2 is 1.90 bits per heavy atom. The maximum atomic E-state index is 12.2. The molecule has 108 valence electrons. The maximum Gasteiger partial charge on any atom is 0.409 e. The van der Waals surface area contributed by atoms with E-state index in [2.05, 4.69) is 4.98 Å². The highest BCUT2D eigenvalue weighted by Gasteiger charge is 2.25. The minimum atomic E-state index is -0.345. The van der Waals surface area contributed by atoms with Gasteiger partial charge in [0.1, 0.15) is 5.69 Å². The molecule has 7 nitrogen and oxygen atoms in total. The molecule has 0 bridgehead atoms. The van der Waals surface area contributed by atoms with Crippen molar-refractivity contribution in [2.45, 2.75) is 6.92 Å². The number of nitrogens with one attached hydrogen (secondary N) is 1. The average Bonchev–Trinajstić information content (AvgIpc) is 2.96. The molecule has 1 fully saturated rings. The molecule has 1 N–H and O–H groups in total. The summed E-state index contributed by atoms with van der Waals surface area (Å²) in [7, 11) is 0. The van der Waals surface area contributed by atoms with Crippen LogP contribution in [0.25, 0.3) is 0 Å². The number of hydrogen-bond donors (Lipinski definition) is 1. The third-order valence-electron chi connectivity index (χ3n) is 3.16. The number of nitrogens with zero attached hydrogens (tertiary/aromatic N) is 2. The Bertz CT molecular complexity index is 503. The average molecular weight is 279 g/mol. The first-order chi connectivity index (χ1) is 9.65. The molecule has 0 aromatic carbocycles. The van der Waals surface area contributed by atoms with E-state index in [1.54, 1.807) is 28.9 Å². The molecule has 0 radical (unpaired) electrons. The predicted octanol–water partition coefficient (Wildman–Crippen LogP) is 0.742. The summed E-state index contributed by atoms with van der Waals surface area (Å²) in [6.45, 7) is 3.90. The molecule has 20 heavy (non-hydrogen) atoms. The molecule has 0 atom stereocenters. The van der Waals surface area contributed by atoms with E-state index < -0.39 is 0 Å². The third kappa shape index (κ3) is 2.98. The van der Waals surface area contributed by atoms with E-state index in [9.17, 15) is 14.4 Å². The largest absolute Gasteiger partial charge is 0.450 e. The van der Waals surface area contributed by atoms with Crippen LogP contribution in [-0.2, 0) is 4.74 Å². The number of rotatable bonds is 3. The Morgan fingerprint density at radius 3 is 2.45 bits per heavy atom. The third-order valence-corrected chi connectivity index (χ3v) is 3.16. The second-order valence-corrected chi connectivity index (χ2v) is 4.42. The number of ether oxygens (including phenoxy) is 1. The van der Waals surface area contributed by atoms with Crippen LogP contribution in [0, 0.1) is 0 Å². The molecule has 1 aromatic heterocycles. The number of amides is 2. The van der Waals surface area contributed by atoms with Gasteiger partial charge in [-0.1, -0.05) is 0 Å². The fourth-order valence-electron chi connectivity index (χ4n) is 2.08. The van der Waals surface area contributed by atoms with Gasteiger partial charge in [-0.3, -0.25) is 9.59 Å². The van der Waals surface area contributed by atoms with Crippen LogP contribution in [-0.4, -0.2) is 65.9 Å². The Morgan fingerprint density at radius 1 is 1.25 bits per heavy atom. The molecule has 0 aliphatic carbocycles. The Balaban J connectivity index is 1.91. The van der Waals surface area contributed by atoms with Gasteiger partial charge in [-0.25, -0.2) is 4.79 Å². The summed E-state index contributed by atoms with van der Waals surface area (Å²) in [5.41, 5.74) is 0.759. The normalized spacial score (nSPS) is 15.1. The summed E-state index contributed by atoms with van der Waals surface area (Å²) < 4.78 is 4.92. The molecule has 0 spiro atoms. The van der Waals surface area contributed by atoms with Crippen molar-refractivity contribution in [3.63, 3.8) is 0 Å². The fourth-order valence-corrected chi connectivity index (χ4v) is 2.08. The summed E-state index contributed by atoms with van der Waals surface area (Å²) in [6.07, 6.45) is 0.317. The van der Waals surface area contributed by atoms with E-state index in [4.69, 9.17) is 4.74 Å². The smallest absolute Gasteiger partial charge is 0.409 e. The van der Waals surface area contributed by atoms with Crippen molar-refractivity contribution in [3.05, 3.63) is 23.5 Å². The van der Waals surface area contributed by atoms with Gasteiger partial charge in [0.2, 0.25) is 0 Å². The SMILES string of the molecule is CCOC(=O)N1CCN(C(=O)c2ccc(C=O)[nH]2)CC1. The zero-order valence-electron chi connectivity index (χ0n) is 11.3. The lowest BCUT2D eigenvalue weighted by atomic mass is 10.3. The number of piperazine rings is 1. The van der Waals surface area contributed by atoms with Gasteiger partial charge in [-0.15, -0.1) is 0 Å². The van der Waals surface area contributed by atoms with Crippen LogP contribution in [0.5, 0.6) is 0 Å². The molecule has 2 rings (SSSR count). The molecule has 1 saturated heterocycles. The molecule has 1 aromatic rings. The summed E-state index contributed by atoms with van der Waals surface area (Å²) in [5, 5.41) is 0. The number of H-pyrrole nitrogens is 1. The van der Waals surface area contributed by atoms with E-state index in [1.807, 2.05) is 0 Å². The van der Waals surface area contributed by atoms with Crippen molar-refractivity contribution in [1.82, 2.24) is 14.8 Å². The van der Waals surface area contributed by atoms with Crippen LogP contribution < -0.4 is 0 Å². The van der Waals surface area contributed by atoms with Gasteiger partial charge in [0.25, 0.3) is 5.91 Å². The van der Waals surface area contributed by atoms with Crippen molar-refractivity contribution in [2.75, 3.05) is 32.8 Å². The predicted molar refractivity (Wildman–Crippen MR) is 70.7 cm³/mol. The quantitative estimate of drug-likeness (QED) is 0.827. The molecular formula is C13H17N3O4. The lowest BCUT2D eigenvalue weighted by molar-refractivity contribution is 0.0566. The number of aromatic nitrogens is 1. The van der Waals surface area contributed by atoms with Gasteiger partial charge in [-0.05, 0) is 19.1 Å². The fraction of sp³-hybridized carbons (Fsp3) is 0.462. The van der Waals surface area contributed by atoms with E-state index in [1.165, 1.54) is 0 Å². The molecule has 1 aliphatic rings. The van der Waals surface area contributed by atoms with Crippen LogP contribution in [0.4, 0.5) is 4.79 Å². The molecule has 2 amide bonds. The van der Waals surface area contributed by atoms with E-state index in [0.717, 1.165) is 0 Å². The van der Waals surface area contributed by atoms with Crippen molar-refractivity contribution >= 4 is 18.3 Å². The highest BCUT2D eigenvalue weighted by molar-refractivity contribution is 5.93. The van der Waals surface area contributed by atoms with Gasteiger partial charge in [-0.2, -0.15) is 0 Å². The number of aromatic amines is 1. The Hall–Kier alpha value is -2.31. The lowest BCUT2D eigenvalue weighted by Crippen LogP contribution is -2.50. The zero-order chi connectivity index (χ0) is 14.5. The van der Waals surface area contributed by atoms with Gasteiger partial charge < -0.3 is 19.5 Å². The number of carbonyl (C=O) groups excluding carboxylic acids is 3. The van der Waals surface area contributed by atoms with Gasteiger partial charge in [0.05, 0.1) is 12.3 Å². The van der Waals surface area contributed by atoms with Gasteiger partial charge in [0, 0.05) is 26.2 Å². The molecule has 2 heterocycles. The number of hydrogen-bond acceptors (Lipinski definition) is 4. The Kier molecular flexibility index (Phi) is 4.39. The van der Waals surface area contributed by atoms with Crippen molar-refractivity contribution in [2.24, 2.45) is 0 Å². The van der Waals surface area contributed by atoms with Crippen molar-refractivity contribution in [1.29, 1.82) is 0 Å². The second-order valence-electron chi connectivity index (χ2n) is 4.42. The second kappa shape index (κ2) is 6.23. The van der Waals surface area contributed by atoms with Crippen LogP contribution >= 0.6 is 0 Å². The van der Waals surface area contributed by atoms with Gasteiger partial charge in [0.15, 0.2) is 6.29 Å². The topological polar surface area (TPSA) is 82.7 Å². The zero-order valence-corrected chi connectivity index (χ0v) is 11.3. The minimum Gasteiger partial charge on any atom is -0.450 e. The first kappa shape index (κ1) is 14.1. The van der Waals surface area contributed by atoms with Gasteiger partial charge >= 0.3 is 6.09 Å². The lowest BCUT2D eigenvalue weighted by Gasteiger charge is -2.33. The maximum absolute atomic E-state index is 12.2. The number of carbonyl (C=O) groups is 3. The molecule has 7 heteroatoms. The molecular weight excluding hydrogens is 262 g/mol. The molecule has 1 aliphatic heterocycles. The highest BCUT2D eigenvalue weighted by atomic mass is 16.6. The standard InChI is InChI=1S/C13H17N3O4/c1-2-20-13(19)16-7-5-15(6-8-16)12(18)11-4-3-10(9-17)14-11/h3-4,9,14H,2,5-8H2,1H3. The van der Waals surface area contributed by atoms with Crippen molar-refractivity contribution < 1.29 is 19.1 Å². The minimum absolute atomic E-state index is 0.165. The monoisotopic (exact) mass is 279 g/mol. The van der Waals surface area contributed by atoms with Crippen LogP contribution in [0.1, 0.15) is 27.9 Å². The summed E-state index contributed by atoms with van der Waals surface area (Å²) in [4.78, 5) is 40.3.